The first-order valence-electron chi connectivity index (χ1n) is 13.4. The summed E-state index contributed by atoms with van der Waals surface area (Å²) in [5, 5.41) is 9.69. The number of hydrogen-bond donors (Lipinski definition) is 0. The summed E-state index contributed by atoms with van der Waals surface area (Å²) in [5.41, 5.74) is 1.15. The summed E-state index contributed by atoms with van der Waals surface area (Å²) in [5.74, 6) is 0.596. The van der Waals surface area contributed by atoms with Gasteiger partial charge in [0.05, 0.1) is 5.57 Å². The molecule has 3 heteroatoms. The van der Waals surface area contributed by atoms with Crippen LogP contribution in [0.3, 0.4) is 0 Å². The van der Waals surface area contributed by atoms with E-state index < -0.39 is 5.41 Å². The molecule has 0 amide bonds. The van der Waals surface area contributed by atoms with Crippen LogP contribution in [0.2, 0.25) is 0 Å². The molecule has 0 N–H and O–H groups in total. The summed E-state index contributed by atoms with van der Waals surface area (Å²) in [4.78, 5) is 25.3. The molecule has 190 valence electrons. The van der Waals surface area contributed by atoms with Crippen molar-refractivity contribution in [2.45, 2.75) is 114 Å². The Morgan fingerprint density at radius 3 is 2.35 bits per heavy atom. The molecule has 0 aromatic carbocycles. The van der Waals surface area contributed by atoms with Crippen molar-refractivity contribution in [1.29, 1.82) is 5.26 Å². The summed E-state index contributed by atoms with van der Waals surface area (Å²) in [6.45, 7) is 22.2. The Bertz CT molecular complexity index is 899. The van der Waals surface area contributed by atoms with Crippen molar-refractivity contribution in [2.75, 3.05) is 0 Å². The highest BCUT2D eigenvalue weighted by atomic mass is 16.1. The van der Waals surface area contributed by atoms with Crippen LogP contribution in [0, 0.1) is 50.7 Å². The van der Waals surface area contributed by atoms with Gasteiger partial charge < -0.3 is 0 Å². The van der Waals surface area contributed by atoms with Crippen LogP contribution in [0.1, 0.15) is 114 Å². The van der Waals surface area contributed by atoms with Gasteiger partial charge in [0.1, 0.15) is 6.07 Å². The van der Waals surface area contributed by atoms with Crippen molar-refractivity contribution in [2.24, 2.45) is 39.4 Å². The van der Waals surface area contributed by atoms with Gasteiger partial charge in [-0.1, -0.05) is 93.2 Å². The van der Waals surface area contributed by atoms with E-state index >= 15 is 0 Å². The number of fused-ring (bicyclic) bond motifs is 1. The van der Waals surface area contributed by atoms with E-state index in [1.807, 2.05) is 19.1 Å². The van der Waals surface area contributed by atoms with Crippen LogP contribution < -0.4 is 0 Å². The topological polar surface area (TPSA) is 57.9 Å². The van der Waals surface area contributed by atoms with Crippen LogP contribution in [0.15, 0.2) is 23.3 Å². The summed E-state index contributed by atoms with van der Waals surface area (Å²) in [6.07, 6.45) is 11.6. The smallest absolute Gasteiger partial charge is 0.176 e. The fourth-order valence-electron chi connectivity index (χ4n) is 6.58. The number of hydrogen-bond acceptors (Lipinski definition) is 3. The standard InChI is InChI=1S/C31H49NO2/c1-11-28(5,6)15-12-21(2)13-16-29(7,8)31(10)17-14-25-23(4)27(34)24(20-32)19-30(25,9)26(31)18-22(3)33/h18-19,21,23,25H,11-17H2,1-10H3/b26-18-/t21?,23-,25-,30-,31+/m0/s1. The first kappa shape index (κ1) is 28.5. The Balaban J connectivity index is 2.40. The van der Waals surface area contributed by atoms with Gasteiger partial charge in [0, 0.05) is 11.3 Å². The highest BCUT2D eigenvalue weighted by molar-refractivity contribution is 6.02. The molecule has 1 fully saturated rings. The minimum Gasteiger partial charge on any atom is -0.295 e. The molecule has 5 atom stereocenters. The molecular formula is C31H49NO2. The van der Waals surface area contributed by atoms with Crippen LogP contribution >= 0.6 is 0 Å². The Morgan fingerprint density at radius 2 is 1.82 bits per heavy atom. The zero-order valence-electron chi connectivity index (χ0n) is 23.6. The molecule has 0 saturated heterocycles. The molecular weight excluding hydrogens is 418 g/mol. The van der Waals surface area contributed by atoms with Crippen molar-refractivity contribution >= 4 is 11.6 Å². The Kier molecular flexibility index (Phi) is 8.50. The molecule has 0 heterocycles. The van der Waals surface area contributed by atoms with Crippen molar-refractivity contribution in [3.8, 4) is 6.07 Å². The molecule has 3 nitrogen and oxygen atoms in total. The van der Waals surface area contributed by atoms with E-state index in [4.69, 9.17) is 0 Å². The lowest BCUT2D eigenvalue weighted by Gasteiger charge is -2.59. The number of nitriles is 1. The van der Waals surface area contributed by atoms with Gasteiger partial charge in [0.15, 0.2) is 11.6 Å². The fourth-order valence-corrected chi connectivity index (χ4v) is 6.58. The Morgan fingerprint density at radius 1 is 1.24 bits per heavy atom. The van der Waals surface area contributed by atoms with E-state index in [9.17, 15) is 14.9 Å². The highest BCUT2D eigenvalue weighted by Crippen LogP contribution is 2.64. The lowest BCUT2D eigenvalue weighted by Crippen LogP contribution is -2.52. The molecule has 2 rings (SSSR count). The minimum absolute atomic E-state index is 0.0118. The van der Waals surface area contributed by atoms with Gasteiger partial charge in [-0.25, -0.2) is 0 Å². The second-order valence-electron chi connectivity index (χ2n) is 13.3. The van der Waals surface area contributed by atoms with Crippen LogP contribution in [0.5, 0.6) is 0 Å². The molecule has 2 aliphatic rings. The fraction of sp³-hybridized carbons (Fsp3) is 0.774. The normalized spacial score (nSPS) is 32.1. The summed E-state index contributed by atoms with van der Waals surface area (Å²) in [6, 6.07) is 2.15. The number of allylic oxidation sites excluding steroid dienone is 4. The molecule has 0 aromatic heterocycles. The third-order valence-corrected chi connectivity index (χ3v) is 10.1. The zero-order valence-corrected chi connectivity index (χ0v) is 23.6. The van der Waals surface area contributed by atoms with Crippen molar-refractivity contribution in [3.63, 3.8) is 0 Å². The maximum absolute atomic E-state index is 12.8. The van der Waals surface area contributed by atoms with E-state index in [0.29, 0.717) is 11.3 Å². The molecule has 0 aliphatic heterocycles. The Hall–Kier alpha value is -1.69. The van der Waals surface area contributed by atoms with Crippen LogP contribution in [-0.2, 0) is 9.59 Å². The molecule has 34 heavy (non-hydrogen) atoms. The van der Waals surface area contributed by atoms with Gasteiger partial charge in [-0.2, -0.15) is 5.26 Å². The van der Waals surface area contributed by atoms with E-state index in [1.54, 1.807) is 6.92 Å². The number of nitrogens with zero attached hydrogens (tertiary/aromatic N) is 1. The summed E-state index contributed by atoms with van der Waals surface area (Å²) >= 11 is 0. The van der Waals surface area contributed by atoms with Crippen LogP contribution in [-0.4, -0.2) is 11.6 Å². The summed E-state index contributed by atoms with van der Waals surface area (Å²) in [7, 11) is 0. The molecule has 2 aliphatic carbocycles. The second kappa shape index (κ2) is 10.1. The number of carbonyl (C=O) groups is 2. The third-order valence-electron chi connectivity index (χ3n) is 10.1. The van der Waals surface area contributed by atoms with Gasteiger partial charge in [0.25, 0.3) is 0 Å². The molecule has 0 aromatic rings. The third kappa shape index (κ3) is 5.42. The van der Waals surface area contributed by atoms with E-state index in [1.165, 1.54) is 25.7 Å². The van der Waals surface area contributed by atoms with E-state index in [0.717, 1.165) is 24.8 Å². The molecule has 0 spiro atoms. The zero-order chi connectivity index (χ0) is 26.1. The van der Waals surface area contributed by atoms with E-state index in [2.05, 4.69) is 61.5 Å². The van der Waals surface area contributed by atoms with Gasteiger partial charge in [-0.15, -0.1) is 0 Å². The molecule has 0 radical (unpaired) electrons. The first-order chi connectivity index (χ1) is 15.5. The second-order valence-corrected chi connectivity index (χ2v) is 13.3. The predicted molar refractivity (Wildman–Crippen MR) is 141 cm³/mol. The number of rotatable bonds is 9. The predicted octanol–water partition coefficient (Wildman–Crippen LogP) is 8.25. The lowest BCUT2D eigenvalue weighted by atomic mass is 9.44. The quantitative estimate of drug-likeness (QED) is 0.321. The van der Waals surface area contributed by atoms with Gasteiger partial charge in [-0.3, -0.25) is 9.59 Å². The van der Waals surface area contributed by atoms with Crippen LogP contribution in [0.25, 0.3) is 0 Å². The largest absolute Gasteiger partial charge is 0.295 e. The average molecular weight is 468 g/mol. The molecule has 1 saturated carbocycles. The lowest BCUT2D eigenvalue weighted by molar-refractivity contribution is -0.123. The van der Waals surface area contributed by atoms with Crippen molar-refractivity contribution < 1.29 is 9.59 Å². The summed E-state index contributed by atoms with van der Waals surface area (Å²) < 4.78 is 0. The van der Waals surface area contributed by atoms with E-state index in [-0.39, 0.29) is 39.8 Å². The maximum atomic E-state index is 12.8. The highest BCUT2D eigenvalue weighted by Gasteiger charge is 2.57. The minimum atomic E-state index is -0.453. The first-order valence-corrected chi connectivity index (χ1v) is 13.4. The molecule has 1 unspecified atom stereocenters. The monoisotopic (exact) mass is 467 g/mol. The number of Topliss-reactive ketones (excluding diaryl/α,β-unsaturated/α-hetero) is 1. The number of ketones is 2. The van der Waals surface area contributed by atoms with Gasteiger partial charge in [0.2, 0.25) is 0 Å². The van der Waals surface area contributed by atoms with Crippen molar-refractivity contribution in [3.05, 3.63) is 23.3 Å². The van der Waals surface area contributed by atoms with Crippen molar-refractivity contribution in [1.82, 2.24) is 0 Å². The number of carbonyl (C=O) groups excluding carboxylic acids is 2. The average Bonchev–Trinajstić information content (AvgIpc) is 2.76. The Labute approximate surface area is 209 Å². The SMILES string of the molecule is CCC(C)(C)CCC(C)CCC(C)(C)[C@]1(C)CC[C@H]2[C@H](C)C(=O)C(C#N)=C[C@]2(C)/C1=C/C(C)=O. The van der Waals surface area contributed by atoms with Gasteiger partial charge >= 0.3 is 0 Å². The van der Waals surface area contributed by atoms with Crippen LogP contribution in [0.4, 0.5) is 0 Å². The maximum Gasteiger partial charge on any atom is 0.176 e. The van der Waals surface area contributed by atoms with Gasteiger partial charge in [-0.05, 0) is 66.8 Å². The molecule has 0 bridgehead atoms.